The highest BCUT2D eigenvalue weighted by atomic mass is 16.5. The fourth-order valence-corrected chi connectivity index (χ4v) is 1.81. The Bertz CT molecular complexity index is 300. The molecule has 1 aliphatic carbocycles. The van der Waals surface area contributed by atoms with E-state index in [0.717, 1.165) is 19.3 Å². The van der Waals surface area contributed by atoms with E-state index >= 15 is 0 Å². The van der Waals surface area contributed by atoms with E-state index in [4.69, 9.17) is 4.52 Å². The van der Waals surface area contributed by atoms with Crippen molar-refractivity contribution >= 4 is 0 Å². The predicted molar refractivity (Wildman–Crippen MR) is 49.5 cm³/mol. The highest BCUT2D eigenvalue weighted by Crippen LogP contribution is 2.18. The maximum absolute atomic E-state index is 9.54. The minimum atomic E-state index is -0.223. The van der Waals surface area contributed by atoms with Crippen LogP contribution in [0, 0.1) is 6.92 Å². The van der Waals surface area contributed by atoms with Gasteiger partial charge in [0.15, 0.2) is 5.82 Å². The molecule has 0 aromatic carbocycles. The van der Waals surface area contributed by atoms with E-state index in [9.17, 15) is 5.11 Å². The number of hydrogen-bond donors (Lipinski definition) is 2. The molecule has 1 aromatic rings. The van der Waals surface area contributed by atoms with Gasteiger partial charge in [0, 0.05) is 6.04 Å². The van der Waals surface area contributed by atoms with Crippen LogP contribution in [0.1, 0.15) is 31.0 Å². The van der Waals surface area contributed by atoms with Crippen LogP contribution in [0.25, 0.3) is 0 Å². The average molecular weight is 197 g/mol. The van der Waals surface area contributed by atoms with Crippen LogP contribution in [-0.2, 0) is 6.54 Å². The lowest BCUT2D eigenvalue weighted by atomic mass is 10.2. The number of aliphatic hydroxyl groups excluding tert-OH is 1. The van der Waals surface area contributed by atoms with Gasteiger partial charge in [-0.05, 0) is 26.2 Å². The summed E-state index contributed by atoms with van der Waals surface area (Å²) >= 11 is 0. The third-order valence-corrected chi connectivity index (χ3v) is 2.56. The fraction of sp³-hybridized carbons (Fsp3) is 0.778. The summed E-state index contributed by atoms with van der Waals surface area (Å²) in [6.07, 6.45) is 2.77. The Balaban J connectivity index is 1.82. The van der Waals surface area contributed by atoms with E-state index in [0.29, 0.717) is 18.3 Å². The maximum atomic E-state index is 9.54. The van der Waals surface area contributed by atoms with Crippen molar-refractivity contribution in [2.24, 2.45) is 0 Å². The van der Waals surface area contributed by atoms with E-state index < -0.39 is 0 Å². The number of aryl methyl sites for hydroxylation is 1. The first-order valence-corrected chi connectivity index (χ1v) is 4.96. The van der Waals surface area contributed by atoms with E-state index in [1.165, 1.54) is 0 Å². The van der Waals surface area contributed by atoms with Gasteiger partial charge in [0.25, 0.3) is 0 Å². The van der Waals surface area contributed by atoms with Crippen molar-refractivity contribution < 1.29 is 9.63 Å². The highest BCUT2D eigenvalue weighted by Gasteiger charge is 2.24. The van der Waals surface area contributed by atoms with Gasteiger partial charge in [-0.15, -0.1) is 0 Å². The van der Waals surface area contributed by atoms with Gasteiger partial charge in [-0.3, -0.25) is 0 Å². The number of nitrogens with zero attached hydrogens (tertiary/aromatic N) is 2. The molecule has 0 radical (unpaired) electrons. The molecule has 2 rings (SSSR count). The molecule has 0 unspecified atom stereocenters. The second-order valence-electron chi connectivity index (χ2n) is 3.72. The summed E-state index contributed by atoms with van der Waals surface area (Å²) in [6, 6.07) is 0.183. The van der Waals surface area contributed by atoms with Gasteiger partial charge in [0.1, 0.15) is 0 Å². The van der Waals surface area contributed by atoms with Crippen molar-refractivity contribution in [2.75, 3.05) is 0 Å². The highest BCUT2D eigenvalue weighted by molar-refractivity contribution is 4.87. The molecule has 1 heterocycles. The second-order valence-corrected chi connectivity index (χ2v) is 3.72. The maximum Gasteiger partial charge on any atom is 0.240 e. The lowest BCUT2D eigenvalue weighted by Crippen LogP contribution is -2.35. The Morgan fingerprint density at radius 1 is 1.57 bits per heavy atom. The molecule has 0 spiro atoms. The molecule has 5 heteroatoms. The summed E-state index contributed by atoms with van der Waals surface area (Å²) in [5.74, 6) is 1.23. The predicted octanol–water partition coefficient (Wildman–Crippen LogP) is 0.381. The molecule has 0 bridgehead atoms. The molecular weight excluding hydrogens is 182 g/mol. The largest absolute Gasteiger partial charge is 0.392 e. The van der Waals surface area contributed by atoms with Crippen LogP contribution in [-0.4, -0.2) is 27.4 Å². The van der Waals surface area contributed by atoms with Gasteiger partial charge < -0.3 is 14.9 Å². The fourth-order valence-electron chi connectivity index (χ4n) is 1.81. The lowest BCUT2D eigenvalue weighted by Gasteiger charge is -2.14. The smallest absolute Gasteiger partial charge is 0.240 e. The van der Waals surface area contributed by atoms with Crippen LogP contribution < -0.4 is 5.32 Å². The van der Waals surface area contributed by atoms with Crippen LogP contribution in [0.3, 0.4) is 0 Å². The van der Waals surface area contributed by atoms with Crippen molar-refractivity contribution in [3.05, 3.63) is 11.7 Å². The monoisotopic (exact) mass is 197 g/mol. The summed E-state index contributed by atoms with van der Waals surface area (Å²) in [7, 11) is 0. The number of nitrogens with one attached hydrogen (secondary N) is 1. The standard InChI is InChI=1S/C9H15N3O2/c1-6-11-9(14-12-6)5-10-7-3-2-4-8(7)13/h7-8,10,13H,2-5H2,1H3/t7-,8-/m0/s1. The van der Waals surface area contributed by atoms with Crippen molar-refractivity contribution in [3.8, 4) is 0 Å². The Kier molecular flexibility index (Phi) is 2.79. The Labute approximate surface area is 82.5 Å². The Morgan fingerprint density at radius 2 is 2.43 bits per heavy atom. The summed E-state index contributed by atoms with van der Waals surface area (Å²) in [6.45, 7) is 2.33. The number of hydrogen-bond acceptors (Lipinski definition) is 5. The van der Waals surface area contributed by atoms with Crippen molar-refractivity contribution in [2.45, 2.75) is 44.9 Å². The first-order valence-electron chi connectivity index (χ1n) is 4.96. The minimum Gasteiger partial charge on any atom is -0.392 e. The van der Waals surface area contributed by atoms with Crippen LogP contribution in [0.15, 0.2) is 4.52 Å². The third-order valence-electron chi connectivity index (χ3n) is 2.56. The molecule has 5 nitrogen and oxygen atoms in total. The van der Waals surface area contributed by atoms with Crippen LogP contribution in [0.2, 0.25) is 0 Å². The SMILES string of the molecule is Cc1noc(CN[C@H]2CCC[C@@H]2O)n1. The zero-order valence-corrected chi connectivity index (χ0v) is 8.23. The van der Waals surface area contributed by atoms with E-state index in [2.05, 4.69) is 15.5 Å². The summed E-state index contributed by atoms with van der Waals surface area (Å²) < 4.78 is 4.95. The molecule has 1 saturated carbocycles. The summed E-state index contributed by atoms with van der Waals surface area (Å²) in [5, 5.41) is 16.5. The van der Waals surface area contributed by atoms with Gasteiger partial charge >= 0.3 is 0 Å². The van der Waals surface area contributed by atoms with Gasteiger partial charge in [-0.2, -0.15) is 4.98 Å². The van der Waals surface area contributed by atoms with Gasteiger partial charge in [-0.25, -0.2) is 0 Å². The normalized spacial score (nSPS) is 27.0. The zero-order valence-electron chi connectivity index (χ0n) is 8.23. The third kappa shape index (κ3) is 2.10. The molecular formula is C9H15N3O2. The van der Waals surface area contributed by atoms with Crippen molar-refractivity contribution in [1.29, 1.82) is 0 Å². The number of aliphatic hydroxyl groups is 1. The lowest BCUT2D eigenvalue weighted by molar-refractivity contribution is 0.146. The van der Waals surface area contributed by atoms with Crippen molar-refractivity contribution in [1.82, 2.24) is 15.5 Å². The molecule has 2 N–H and O–H groups in total. The van der Waals surface area contributed by atoms with E-state index in [-0.39, 0.29) is 12.1 Å². The minimum absolute atomic E-state index is 0.183. The number of rotatable bonds is 3. The van der Waals surface area contributed by atoms with Crippen LogP contribution in [0.4, 0.5) is 0 Å². The average Bonchev–Trinajstić information content (AvgIpc) is 2.72. The summed E-state index contributed by atoms with van der Waals surface area (Å²) in [4.78, 5) is 4.07. The molecule has 14 heavy (non-hydrogen) atoms. The molecule has 0 saturated heterocycles. The van der Waals surface area contributed by atoms with Crippen LogP contribution in [0.5, 0.6) is 0 Å². The molecule has 0 aliphatic heterocycles. The molecule has 1 aromatic heterocycles. The first-order chi connectivity index (χ1) is 6.75. The molecule has 0 amide bonds. The topological polar surface area (TPSA) is 71.2 Å². The molecule has 1 aliphatic rings. The van der Waals surface area contributed by atoms with Gasteiger partial charge in [0.2, 0.25) is 5.89 Å². The van der Waals surface area contributed by atoms with E-state index in [1.807, 2.05) is 0 Å². The molecule has 78 valence electrons. The quantitative estimate of drug-likeness (QED) is 0.733. The zero-order chi connectivity index (χ0) is 9.97. The first kappa shape index (κ1) is 9.61. The van der Waals surface area contributed by atoms with Crippen LogP contribution >= 0.6 is 0 Å². The molecule has 2 atom stereocenters. The van der Waals surface area contributed by atoms with Gasteiger partial charge in [0.05, 0.1) is 12.6 Å². The Hall–Kier alpha value is -0.940. The van der Waals surface area contributed by atoms with Crippen molar-refractivity contribution in [3.63, 3.8) is 0 Å². The second kappa shape index (κ2) is 4.06. The Morgan fingerprint density at radius 3 is 3.00 bits per heavy atom. The molecule has 1 fully saturated rings. The number of aromatic nitrogens is 2. The van der Waals surface area contributed by atoms with E-state index in [1.54, 1.807) is 6.92 Å². The summed E-state index contributed by atoms with van der Waals surface area (Å²) in [5.41, 5.74) is 0. The van der Waals surface area contributed by atoms with Gasteiger partial charge in [-0.1, -0.05) is 5.16 Å².